The predicted molar refractivity (Wildman–Crippen MR) is 55.7 cm³/mol. The van der Waals surface area contributed by atoms with Crippen LogP contribution in [-0.2, 0) is 0 Å². The molecule has 13 heavy (non-hydrogen) atoms. The highest BCUT2D eigenvalue weighted by molar-refractivity contribution is 6.48. The summed E-state index contributed by atoms with van der Waals surface area (Å²) in [5, 5.41) is 18.2. The Morgan fingerprint density at radius 2 is 1.92 bits per heavy atom. The minimum Gasteiger partial charge on any atom is -0.424 e. The van der Waals surface area contributed by atoms with Crippen LogP contribution < -0.4 is 0 Å². The van der Waals surface area contributed by atoms with Crippen molar-refractivity contribution in [3.63, 3.8) is 0 Å². The minimum absolute atomic E-state index is 0.515. The van der Waals surface area contributed by atoms with Crippen LogP contribution >= 0.6 is 23.2 Å². The van der Waals surface area contributed by atoms with Crippen molar-refractivity contribution in [2.45, 2.75) is 0 Å². The zero-order valence-electron chi connectivity index (χ0n) is 6.61. The fourth-order valence-electron chi connectivity index (χ4n) is 0.832. The molecule has 1 aromatic carbocycles. The van der Waals surface area contributed by atoms with Crippen molar-refractivity contribution in [1.82, 2.24) is 0 Å². The Balaban J connectivity index is 2.93. The van der Waals surface area contributed by atoms with Crippen LogP contribution in [0.1, 0.15) is 5.56 Å². The summed E-state index contributed by atoms with van der Waals surface area (Å²) in [6.45, 7) is 0. The smallest absolute Gasteiger partial charge is 0.424 e. The van der Waals surface area contributed by atoms with E-state index in [1.807, 2.05) is 0 Å². The molecule has 0 fully saturated rings. The first kappa shape index (κ1) is 10.6. The number of rotatable bonds is 2. The summed E-state index contributed by atoms with van der Waals surface area (Å²) in [5.41, 5.74) is 0.655. The lowest BCUT2D eigenvalue weighted by molar-refractivity contribution is 0.424. The molecule has 0 radical (unpaired) electrons. The van der Waals surface area contributed by atoms with E-state index in [9.17, 15) is 0 Å². The van der Waals surface area contributed by atoms with Crippen molar-refractivity contribution in [3.05, 3.63) is 39.8 Å². The van der Waals surface area contributed by atoms with E-state index in [4.69, 9.17) is 33.2 Å². The molecule has 0 atom stereocenters. The van der Waals surface area contributed by atoms with Crippen LogP contribution in [0.25, 0.3) is 6.08 Å². The molecule has 0 aliphatic heterocycles. The second kappa shape index (κ2) is 4.68. The van der Waals surface area contributed by atoms with Gasteiger partial charge in [0.05, 0.1) is 0 Å². The minimum atomic E-state index is -1.48. The molecule has 0 bridgehead atoms. The van der Waals surface area contributed by atoms with Gasteiger partial charge >= 0.3 is 7.12 Å². The van der Waals surface area contributed by atoms with E-state index in [2.05, 4.69) is 0 Å². The average molecular weight is 217 g/mol. The van der Waals surface area contributed by atoms with Crippen LogP contribution in [0.2, 0.25) is 10.0 Å². The van der Waals surface area contributed by atoms with E-state index < -0.39 is 7.12 Å². The fraction of sp³-hybridized carbons (Fsp3) is 0. The first-order valence-corrected chi connectivity index (χ1v) is 4.34. The fourth-order valence-corrected chi connectivity index (χ4v) is 1.19. The Morgan fingerprint density at radius 1 is 1.23 bits per heavy atom. The Labute approximate surface area is 86.6 Å². The van der Waals surface area contributed by atoms with Gasteiger partial charge < -0.3 is 10.0 Å². The third-order valence-electron chi connectivity index (χ3n) is 1.41. The first-order valence-electron chi connectivity index (χ1n) is 3.59. The summed E-state index contributed by atoms with van der Waals surface area (Å²) in [7, 11) is -1.48. The SMILES string of the molecule is OB(O)/C=C/c1cc(Cl)ccc1Cl. The quantitative estimate of drug-likeness (QED) is 0.743. The first-order chi connectivity index (χ1) is 6.09. The van der Waals surface area contributed by atoms with Crippen LogP contribution in [0.3, 0.4) is 0 Å². The van der Waals surface area contributed by atoms with Crippen LogP contribution in [0.5, 0.6) is 0 Å². The molecule has 0 unspecified atom stereocenters. The van der Waals surface area contributed by atoms with Crippen molar-refractivity contribution in [3.8, 4) is 0 Å². The molecule has 5 heteroatoms. The molecule has 68 valence electrons. The van der Waals surface area contributed by atoms with E-state index in [1.165, 1.54) is 12.1 Å². The van der Waals surface area contributed by atoms with Gasteiger partial charge in [-0.1, -0.05) is 35.3 Å². The third-order valence-corrected chi connectivity index (χ3v) is 1.99. The lowest BCUT2D eigenvalue weighted by Crippen LogP contribution is -2.05. The van der Waals surface area contributed by atoms with E-state index in [0.29, 0.717) is 15.6 Å². The van der Waals surface area contributed by atoms with Gasteiger partial charge in [-0.15, -0.1) is 0 Å². The molecule has 0 heterocycles. The van der Waals surface area contributed by atoms with Gasteiger partial charge in [0.15, 0.2) is 0 Å². The van der Waals surface area contributed by atoms with Crippen LogP contribution in [0.4, 0.5) is 0 Å². The van der Waals surface area contributed by atoms with Gasteiger partial charge in [0.25, 0.3) is 0 Å². The number of benzene rings is 1. The molecule has 2 N–H and O–H groups in total. The number of halogens is 2. The lowest BCUT2D eigenvalue weighted by atomic mass is 9.91. The molecule has 0 saturated carbocycles. The summed E-state index contributed by atoms with van der Waals surface area (Å²) >= 11 is 11.5. The van der Waals surface area contributed by atoms with E-state index in [1.54, 1.807) is 18.2 Å². The monoisotopic (exact) mass is 216 g/mol. The van der Waals surface area contributed by atoms with Crippen molar-refractivity contribution < 1.29 is 10.0 Å². The number of hydrogen-bond acceptors (Lipinski definition) is 2. The molecule has 2 nitrogen and oxygen atoms in total. The molecular formula is C8H7BCl2O2. The topological polar surface area (TPSA) is 40.5 Å². The Morgan fingerprint density at radius 3 is 2.54 bits per heavy atom. The van der Waals surface area contributed by atoms with E-state index in [0.717, 1.165) is 0 Å². The maximum Gasteiger partial charge on any atom is 0.480 e. The zero-order valence-corrected chi connectivity index (χ0v) is 8.13. The predicted octanol–water partition coefficient (Wildman–Crippen LogP) is 2.02. The average Bonchev–Trinajstić information content (AvgIpc) is 2.06. The summed E-state index contributed by atoms with van der Waals surface area (Å²) in [5.74, 6) is 1.21. The summed E-state index contributed by atoms with van der Waals surface area (Å²) in [4.78, 5) is 0. The van der Waals surface area contributed by atoms with Crippen molar-refractivity contribution in [1.29, 1.82) is 0 Å². The highest BCUT2D eigenvalue weighted by Crippen LogP contribution is 2.21. The van der Waals surface area contributed by atoms with Gasteiger partial charge in [0, 0.05) is 10.0 Å². The standard InChI is InChI=1S/C8H7BCl2O2/c10-7-1-2-8(11)6(5-7)3-4-9(12)13/h1-5,12-13H/b4-3+. The van der Waals surface area contributed by atoms with E-state index in [-0.39, 0.29) is 0 Å². The molecule has 0 aliphatic carbocycles. The molecule has 1 rings (SSSR count). The maximum absolute atomic E-state index is 8.57. The highest BCUT2D eigenvalue weighted by Gasteiger charge is 2.01. The molecule has 0 amide bonds. The van der Waals surface area contributed by atoms with E-state index >= 15 is 0 Å². The normalized spacial score (nSPS) is 10.8. The van der Waals surface area contributed by atoms with Gasteiger partial charge in [-0.25, -0.2) is 0 Å². The van der Waals surface area contributed by atoms with Crippen LogP contribution in [-0.4, -0.2) is 17.2 Å². The zero-order chi connectivity index (χ0) is 9.84. The summed E-state index contributed by atoms with van der Waals surface area (Å²) in [6.07, 6.45) is 1.50. The molecule has 0 aliphatic rings. The molecule has 0 saturated heterocycles. The van der Waals surface area contributed by atoms with Crippen molar-refractivity contribution >= 4 is 36.4 Å². The molecule has 1 aromatic rings. The van der Waals surface area contributed by atoms with Crippen LogP contribution in [0.15, 0.2) is 24.2 Å². The largest absolute Gasteiger partial charge is 0.480 e. The maximum atomic E-state index is 8.57. The second-order valence-corrected chi connectivity index (χ2v) is 3.28. The third kappa shape index (κ3) is 3.40. The Kier molecular flexibility index (Phi) is 3.81. The lowest BCUT2D eigenvalue weighted by Gasteiger charge is -1.98. The van der Waals surface area contributed by atoms with Crippen LogP contribution in [0, 0.1) is 0 Å². The summed E-state index contributed by atoms with van der Waals surface area (Å²) in [6, 6.07) is 4.95. The number of hydrogen-bond donors (Lipinski definition) is 2. The van der Waals surface area contributed by atoms with Crippen molar-refractivity contribution in [2.24, 2.45) is 0 Å². The Bertz CT molecular complexity index is 326. The molecular weight excluding hydrogens is 210 g/mol. The van der Waals surface area contributed by atoms with Gasteiger partial charge in [-0.05, 0) is 23.8 Å². The van der Waals surface area contributed by atoms with Gasteiger partial charge in [-0.2, -0.15) is 0 Å². The highest BCUT2D eigenvalue weighted by atomic mass is 35.5. The second-order valence-electron chi connectivity index (χ2n) is 2.44. The van der Waals surface area contributed by atoms with Gasteiger partial charge in [-0.3, -0.25) is 0 Å². The van der Waals surface area contributed by atoms with Gasteiger partial charge in [0.1, 0.15) is 0 Å². The van der Waals surface area contributed by atoms with Crippen molar-refractivity contribution in [2.75, 3.05) is 0 Å². The molecule has 0 aromatic heterocycles. The molecule has 0 spiro atoms. The summed E-state index contributed by atoms with van der Waals surface area (Å²) < 4.78 is 0. The Hall–Kier alpha value is -0.475. The van der Waals surface area contributed by atoms with Gasteiger partial charge in [0.2, 0.25) is 0 Å².